The van der Waals surface area contributed by atoms with E-state index in [1.807, 2.05) is 18.7 Å². The molecular formula is C22H34N2O3. The molecule has 1 N–H and O–H groups in total. The van der Waals surface area contributed by atoms with Crippen molar-refractivity contribution in [2.45, 2.75) is 96.1 Å². The maximum absolute atomic E-state index is 14.0. The van der Waals surface area contributed by atoms with Crippen LogP contribution in [0.5, 0.6) is 0 Å². The molecule has 0 aromatic carbocycles. The maximum atomic E-state index is 14.0. The van der Waals surface area contributed by atoms with E-state index < -0.39 is 11.0 Å². The minimum Gasteiger partial charge on any atom is -0.352 e. The summed E-state index contributed by atoms with van der Waals surface area (Å²) in [6.45, 7) is 4.63. The Hall–Kier alpha value is -1.39. The Balaban J connectivity index is 1.71. The molecule has 0 unspecified atom stereocenters. The molecule has 0 bridgehead atoms. The van der Waals surface area contributed by atoms with Gasteiger partial charge in [0.2, 0.25) is 11.8 Å². The number of nitrogens with one attached hydrogen (secondary N) is 1. The summed E-state index contributed by atoms with van der Waals surface area (Å²) in [5.41, 5.74) is -1.20. The van der Waals surface area contributed by atoms with E-state index in [4.69, 9.17) is 0 Å². The van der Waals surface area contributed by atoms with Crippen LogP contribution in [0.1, 0.15) is 84.5 Å². The summed E-state index contributed by atoms with van der Waals surface area (Å²) in [6.07, 6.45) is 9.81. The molecule has 3 atom stereocenters. The number of carbonyl (C=O) groups is 3. The molecule has 150 valence electrons. The molecule has 27 heavy (non-hydrogen) atoms. The van der Waals surface area contributed by atoms with E-state index in [9.17, 15) is 14.4 Å². The first-order valence-corrected chi connectivity index (χ1v) is 11.1. The Morgan fingerprint density at radius 3 is 2.52 bits per heavy atom. The molecule has 1 heterocycles. The maximum Gasteiger partial charge on any atom is 0.246 e. The third-order valence-corrected chi connectivity index (χ3v) is 7.89. The Morgan fingerprint density at radius 2 is 1.81 bits per heavy atom. The molecule has 0 aromatic heterocycles. The second kappa shape index (κ2) is 6.89. The molecule has 5 heteroatoms. The van der Waals surface area contributed by atoms with Crippen molar-refractivity contribution in [1.29, 1.82) is 0 Å². The third kappa shape index (κ3) is 2.75. The quantitative estimate of drug-likeness (QED) is 0.825. The van der Waals surface area contributed by atoms with E-state index >= 15 is 0 Å². The largest absolute Gasteiger partial charge is 0.352 e. The zero-order valence-corrected chi connectivity index (χ0v) is 16.9. The predicted molar refractivity (Wildman–Crippen MR) is 103 cm³/mol. The zero-order valence-electron chi connectivity index (χ0n) is 16.9. The standard InChI is InChI=1S/C22H34N2O3/c1-15(2)23-19(26)21(10-4-3-5-11-21)24-13-7-8-16-14-17-18(25)9-6-12-22(16,17)20(24)27/h15-17H,3-14H2,1-2H3,(H,23,26)/t16-,17+,22-/m0/s1. The number of nitrogens with zero attached hydrogens (tertiary/aromatic N) is 1. The lowest BCUT2D eigenvalue weighted by Gasteiger charge is -2.58. The highest BCUT2D eigenvalue weighted by molar-refractivity contribution is 5.98. The van der Waals surface area contributed by atoms with Crippen LogP contribution >= 0.6 is 0 Å². The van der Waals surface area contributed by atoms with Crippen LogP contribution in [0.2, 0.25) is 0 Å². The summed E-state index contributed by atoms with van der Waals surface area (Å²) < 4.78 is 0. The first kappa shape index (κ1) is 18.9. The molecule has 4 aliphatic rings. The number of rotatable bonds is 3. The van der Waals surface area contributed by atoms with Crippen LogP contribution in [0.25, 0.3) is 0 Å². The van der Waals surface area contributed by atoms with Crippen LogP contribution in [-0.2, 0) is 14.4 Å². The molecule has 4 fully saturated rings. The summed E-state index contributed by atoms with van der Waals surface area (Å²) in [7, 11) is 0. The number of ketones is 1. The molecule has 2 amide bonds. The lowest BCUT2D eigenvalue weighted by molar-refractivity contribution is -0.180. The molecule has 1 spiro atoms. The number of Topliss-reactive ketones (excluding diaryl/α,β-unsaturated/α-hetero) is 1. The first-order valence-electron chi connectivity index (χ1n) is 11.1. The minimum atomic E-state index is -0.704. The monoisotopic (exact) mass is 374 g/mol. The fraction of sp³-hybridized carbons (Fsp3) is 0.864. The van der Waals surface area contributed by atoms with E-state index in [1.54, 1.807) is 0 Å². The van der Waals surface area contributed by atoms with E-state index in [0.29, 0.717) is 18.9 Å². The van der Waals surface area contributed by atoms with Crippen LogP contribution in [0.4, 0.5) is 0 Å². The van der Waals surface area contributed by atoms with Crippen LogP contribution in [0.3, 0.4) is 0 Å². The molecule has 3 saturated carbocycles. The highest BCUT2D eigenvalue weighted by Gasteiger charge is 2.66. The molecular weight excluding hydrogens is 340 g/mol. The van der Waals surface area contributed by atoms with Gasteiger partial charge in [-0.05, 0) is 64.7 Å². The predicted octanol–water partition coefficient (Wildman–Crippen LogP) is 3.21. The lowest BCUT2D eigenvalue weighted by atomic mass is 9.46. The summed E-state index contributed by atoms with van der Waals surface area (Å²) >= 11 is 0. The summed E-state index contributed by atoms with van der Waals surface area (Å²) in [4.78, 5) is 41.9. The molecule has 0 aromatic rings. The van der Waals surface area contributed by atoms with Crippen molar-refractivity contribution in [1.82, 2.24) is 10.2 Å². The molecule has 5 nitrogen and oxygen atoms in total. The number of amides is 2. The van der Waals surface area contributed by atoms with Crippen LogP contribution in [0.15, 0.2) is 0 Å². The van der Waals surface area contributed by atoms with Crippen molar-refractivity contribution in [3.63, 3.8) is 0 Å². The second-order valence-corrected chi connectivity index (χ2v) is 9.66. The van der Waals surface area contributed by atoms with Crippen LogP contribution < -0.4 is 5.32 Å². The van der Waals surface area contributed by atoms with Gasteiger partial charge in [0.15, 0.2) is 0 Å². The number of hydrogen-bond donors (Lipinski definition) is 1. The average Bonchev–Trinajstić information content (AvgIpc) is 2.71. The molecule has 1 saturated heterocycles. The van der Waals surface area contributed by atoms with E-state index in [-0.39, 0.29) is 29.6 Å². The summed E-state index contributed by atoms with van der Waals surface area (Å²) in [5.74, 6) is 0.710. The highest BCUT2D eigenvalue weighted by Crippen LogP contribution is 2.62. The van der Waals surface area contributed by atoms with Crippen molar-refractivity contribution < 1.29 is 14.4 Å². The Labute approximate surface area is 162 Å². The Morgan fingerprint density at radius 1 is 1.07 bits per heavy atom. The fourth-order valence-corrected chi connectivity index (χ4v) is 6.57. The number of likely N-dealkylation sites (tertiary alicyclic amines) is 1. The van der Waals surface area contributed by atoms with E-state index in [2.05, 4.69) is 5.32 Å². The second-order valence-electron chi connectivity index (χ2n) is 9.66. The van der Waals surface area contributed by atoms with Crippen LogP contribution in [0, 0.1) is 17.3 Å². The van der Waals surface area contributed by atoms with Crippen molar-refractivity contribution in [3.8, 4) is 0 Å². The van der Waals surface area contributed by atoms with Crippen LogP contribution in [-0.4, -0.2) is 40.6 Å². The first-order chi connectivity index (χ1) is 12.9. The van der Waals surface area contributed by atoms with Gasteiger partial charge in [0.1, 0.15) is 11.3 Å². The lowest BCUT2D eigenvalue weighted by Crippen LogP contribution is -2.68. The molecule has 4 rings (SSSR count). The van der Waals surface area contributed by atoms with E-state index in [0.717, 1.165) is 64.2 Å². The molecule has 3 aliphatic carbocycles. The van der Waals surface area contributed by atoms with Crippen molar-refractivity contribution in [2.75, 3.05) is 6.54 Å². The van der Waals surface area contributed by atoms with Gasteiger partial charge in [-0.2, -0.15) is 0 Å². The Kier molecular flexibility index (Phi) is 4.84. The van der Waals surface area contributed by atoms with Gasteiger partial charge in [-0.3, -0.25) is 14.4 Å². The van der Waals surface area contributed by atoms with Gasteiger partial charge < -0.3 is 10.2 Å². The zero-order chi connectivity index (χ0) is 19.2. The third-order valence-electron chi connectivity index (χ3n) is 7.89. The Bertz CT molecular complexity index is 637. The van der Waals surface area contributed by atoms with E-state index in [1.165, 1.54) is 0 Å². The van der Waals surface area contributed by atoms with Gasteiger partial charge in [-0.15, -0.1) is 0 Å². The van der Waals surface area contributed by atoms with Crippen molar-refractivity contribution in [2.24, 2.45) is 17.3 Å². The van der Waals surface area contributed by atoms with Gasteiger partial charge in [-0.1, -0.05) is 19.3 Å². The minimum absolute atomic E-state index is 0.0263. The highest BCUT2D eigenvalue weighted by atomic mass is 16.2. The topological polar surface area (TPSA) is 66.5 Å². The average molecular weight is 375 g/mol. The SMILES string of the molecule is CC(C)NC(=O)C1(N2CCC[C@H]3C[C@@H]4C(=O)CCC[C@]34C2=O)CCCCC1. The van der Waals surface area contributed by atoms with Gasteiger partial charge in [0.05, 0.1) is 5.41 Å². The summed E-state index contributed by atoms with van der Waals surface area (Å²) in [6, 6.07) is 0.0667. The molecule has 1 aliphatic heterocycles. The normalized spacial score (nSPS) is 35.7. The molecule has 0 radical (unpaired) electrons. The van der Waals surface area contributed by atoms with Gasteiger partial charge in [0, 0.05) is 24.9 Å². The fourth-order valence-electron chi connectivity index (χ4n) is 6.57. The van der Waals surface area contributed by atoms with Gasteiger partial charge >= 0.3 is 0 Å². The summed E-state index contributed by atoms with van der Waals surface area (Å²) in [5, 5.41) is 3.11. The van der Waals surface area contributed by atoms with Gasteiger partial charge in [0.25, 0.3) is 0 Å². The smallest absolute Gasteiger partial charge is 0.246 e. The van der Waals surface area contributed by atoms with Crippen molar-refractivity contribution in [3.05, 3.63) is 0 Å². The number of hydrogen-bond acceptors (Lipinski definition) is 3. The number of carbonyl (C=O) groups excluding carboxylic acids is 3. The van der Waals surface area contributed by atoms with Gasteiger partial charge in [-0.25, -0.2) is 0 Å². The van der Waals surface area contributed by atoms with Crippen molar-refractivity contribution >= 4 is 17.6 Å².